The summed E-state index contributed by atoms with van der Waals surface area (Å²) in [5.41, 5.74) is 0.523. The summed E-state index contributed by atoms with van der Waals surface area (Å²) in [4.78, 5) is 45.6. The molecule has 1 fully saturated rings. The number of carbonyl (C=O) groups is 4. The van der Waals surface area contributed by atoms with Crippen molar-refractivity contribution in [3.63, 3.8) is 0 Å². The molecule has 1 aliphatic rings. The number of nitrogens with zero attached hydrogens (tertiary/aromatic N) is 1. The molecule has 0 atom stereocenters. The zero-order valence-corrected chi connectivity index (χ0v) is 16.6. The Morgan fingerprint density at radius 2 is 1.76 bits per heavy atom. The number of hydrogen-bond donors (Lipinski definition) is 3. The van der Waals surface area contributed by atoms with Crippen LogP contribution in [0.5, 0.6) is 5.75 Å². The number of carboxylic acid groups (broad SMARTS) is 2. The molecular weight excluding hydrogens is 562 g/mol. The van der Waals surface area contributed by atoms with E-state index in [1.165, 1.54) is 6.08 Å². The van der Waals surface area contributed by atoms with Crippen molar-refractivity contribution >= 4 is 75.1 Å². The lowest BCUT2D eigenvalue weighted by Gasteiger charge is -2.10. The number of nitrogens with one attached hydrogen (secondary N) is 1. The van der Waals surface area contributed by atoms with Crippen LogP contribution in [-0.2, 0) is 14.4 Å². The van der Waals surface area contributed by atoms with Gasteiger partial charge in [0, 0.05) is 0 Å². The highest BCUT2D eigenvalue weighted by molar-refractivity contribution is 14.1. The number of ether oxygens (including phenoxy) is 1. The van der Waals surface area contributed by atoms with Crippen LogP contribution in [0.4, 0.5) is 4.79 Å². The molecule has 1 heterocycles. The molecule has 0 aromatic heterocycles. The Morgan fingerprint density at radius 3 is 2.28 bits per heavy atom. The average molecular weight is 572 g/mol. The predicted octanol–water partition coefficient (Wildman–Crippen LogP) is 1.34. The van der Waals surface area contributed by atoms with Crippen LogP contribution in [0.15, 0.2) is 17.8 Å². The van der Waals surface area contributed by atoms with Gasteiger partial charge in [0.2, 0.25) is 0 Å². The Balaban J connectivity index is 2.26. The number of hydrogen-bond acceptors (Lipinski definition) is 5. The minimum Gasteiger partial charge on any atom is -0.480 e. The Hall–Kier alpha value is -1.90. The van der Waals surface area contributed by atoms with Gasteiger partial charge in [-0.25, -0.2) is 14.5 Å². The van der Waals surface area contributed by atoms with Crippen molar-refractivity contribution in [2.75, 3.05) is 13.2 Å². The number of amides is 3. The fourth-order valence-electron chi connectivity index (χ4n) is 1.95. The van der Waals surface area contributed by atoms with Crippen molar-refractivity contribution in [3.05, 3.63) is 30.5 Å². The molecular formula is C14H10I2N2O7. The number of aliphatic carboxylic acids is 2. The third-order valence-electron chi connectivity index (χ3n) is 2.93. The Labute approximate surface area is 168 Å². The lowest BCUT2D eigenvalue weighted by molar-refractivity contribution is -0.140. The normalized spacial score (nSPS) is 15.4. The van der Waals surface area contributed by atoms with Crippen LogP contribution in [-0.4, -0.2) is 52.1 Å². The molecule has 1 aliphatic heterocycles. The van der Waals surface area contributed by atoms with Crippen LogP contribution in [0.1, 0.15) is 5.56 Å². The SMILES string of the molecule is O=C(O)COc1c(I)cc(/C=C2/NC(=O)N(CC(=O)O)C2=O)cc1I. The Kier molecular flexibility index (Phi) is 6.21. The van der Waals surface area contributed by atoms with E-state index in [2.05, 4.69) is 5.32 Å². The van der Waals surface area contributed by atoms with E-state index in [1.807, 2.05) is 45.2 Å². The van der Waals surface area contributed by atoms with Gasteiger partial charge in [-0.15, -0.1) is 0 Å². The lowest BCUT2D eigenvalue weighted by Crippen LogP contribution is -2.35. The summed E-state index contributed by atoms with van der Waals surface area (Å²) in [6.07, 6.45) is 1.41. The van der Waals surface area contributed by atoms with E-state index < -0.39 is 37.0 Å². The molecule has 1 aromatic rings. The molecule has 132 valence electrons. The molecule has 0 unspecified atom stereocenters. The van der Waals surface area contributed by atoms with E-state index in [9.17, 15) is 19.2 Å². The van der Waals surface area contributed by atoms with Gasteiger partial charge in [-0.1, -0.05) is 0 Å². The van der Waals surface area contributed by atoms with Gasteiger partial charge in [-0.05, 0) is 69.0 Å². The van der Waals surface area contributed by atoms with E-state index in [0.717, 1.165) is 0 Å². The summed E-state index contributed by atoms with van der Waals surface area (Å²) in [5.74, 6) is -2.73. The molecule has 0 radical (unpaired) electrons. The summed E-state index contributed by atoms with van der Waals surface area (Å²) in [6.45, 7) is -1.20. The van der Waals surface area contributed by atoms with Crippen molar-refractivity contribution in [1.29, 1.82) is 0 Å². The van der Waals surface area contributed by atoms with Crippen LogP contribution < -0.4 is 10.1 Å². The van der Waals surface area contributed by atoms with Crippen LogP contribution in [0.2, 0.25) is 0 Å². The monoisotopic (exact) mass is 572 g/mol. The van der Waals surface area contributed by atoms with Gasteiger partial charge >= 0.3 is 18.0 Å². The van der Waals surface area contributed by atoms with Gasteiger partial charge in [-0.3, -0.25) is 9.59 Å². The number of benzene rings is 1. The van der Waals surface area contributed by atoms with Gasteiger partial charge < -0.3 is 20.3 Å². The zero-order valence-electron chi connectivity index (χ0n) is 12.3. The van der Waals surface area contributed by atoms with Crippen molar-refractivity contribution in [2.24, 2.45) is 0 Å². The van der Waals surface area contributed by atoms with E-state index >= 15 is 0 Å². The molecule has 9 nitrogen and oxygen atoms in total. The molecule has 0 saturated carbocycles. The molecule has 25 heavy (non-hydrogen) atoms. The molecule has 11 heteroatoms. The van der Waals surface area contributed by atoms with Crippen LogP contribution in [0, 0.1) is 7.14 Å². The summed E-state index contributed by atoms with van der Waals surface area (Å²) < 4.78 is 6.45. The van der Waals surface area contributed by atoms with Crippen LogP contribution >= 0.6 is 45.2 Å². The van der Waals surface area contributed by atoms with Gasteiger partial charge in [0.15, 0.2) is 6.61 Å². The number of rotatable bonds is 6. The van der Waals surface area contributed by atoms with Gasteiger partial charge in [0.05, 0.1) is 7.14 Å². The first-order valence-electron chi connectivity index (χ1n) is 6.59. The summed E-state index contributed by atoms with van der Waals surface area (Å²) in [7, 11) is 0. The molecule has 2 rings (SSSR count). The topological polar surface area (TPSA) is 133 Å². The van der Waals surface area contributed by atoms with Gasteiger partial charge in [0.1, 0.15) is 18.0 Å². The Morgan fingerprint density at radius 1 is 1.16 bits per heavy atom. The maximum absolute atomic E-state index is 12.1. The number of carbonyl (C=O) groups excluding carboxylic acids is 2. The number of urea groups is 1. The molecule has 0 aliphatic carbocycles. The molecule has 3 N–H and O–H groups in total. The largest absolute Gasteiger partial charge is 0.480 e. The summed E-state index contributed by atoms with van der Waals surface area (Å²) in [5, 5.41) is 19.7. The number of carboxylic acids is 2. The fraction of sp³-hybridized carbons (Fsp3) is 0.143. The molecule has 3 amide bonds. The highest BCUT2D eigenvalue weighted by atomic mass is 127. The van der Waals surface area contributed by atoms with Crippen LogP contribution in [0.25, 0.3) is 6.08 Å². The van der Waals surface area contributed by atoms with Crippen molar-refractivity contribution in [1.82, 2.24) is 10.2 Å². The van der Waals surface area contributed by atoms with Crippen molar-refractivity contribution in [3.8, 4) is 5.75 Å². The second kappa shape index (κ2) is 7.99. The molecule has 0 bridgehead atoms. The van der Waals surface area contributed by atoms with Crippen LogP contribution in [0.3, 0.4) is 0 Å². The Bertz CT molecular complexity index is 783. The molecule has 1 saturated heterocycles. The van der Waals surface area contributed by atoms with E-state index in [-0.39, 0.29) is 5.70 Å². The molecule has 0 spiro atoms. The zero-order chi connectivity index (χ0) is 18.7. The predicted molar refractivity (Wildman–Crippen MR) is 101 cm³/mol. The maximum atomic E-state index is 12.1. The first-order valence-corrected chi connectivity index (χ1v) is 8.74. The lowest BCUT2D eigenvalue weighted by atomic mass is 10.2. The molecule has 1 aromatic carbocycles. The maximum Gasteiger partial charge on any atom is 0.341 e. The minimum absolute atomic E-state index is 0.0444. The smallest absolute Gasteiger partial charge is 0.341 e. The first kappa shape index (κ1) is 19.4. The standard InChI is InChI=1S/C14H10I2N2O7/c15-7-1-6(2-8(16)12(7)25-5-11(21)22)3-9-13(23)18(4-10(19)20)14(24)17-9/h1-3H,4-5H2,(H,17,24)(H,19,20)(H,21,22)/b9-3+. The van der Waals surface area contributed by atoms with E-state index in [0.29, 0.717) is 23.4 Å². The van der Waals surface area contributed by atoms with Crippen molar-refractivity contribution < 1.29 is 34.1 Å². The average Bonchev–Trinajstić information content (AvgIpc) is 2.73. The van der Waals surface area contributed by atoms with Gasteiger partial charge in [0.25, 0.3) is 5.91 Å². The summed E-state index contributed by atoms with van der Waals surface area (Å²) >= 11 is 3.92. The highest BCUT2D eigenvalue weighted by Crippen LogP contribution is 2.30. The number of halogens is 2. The van der Waals surface area contributed by atoms with E-state index in [1.54, 1.807) is 12.1 Å². The second-order valence-electron chi connectivity index (χ2n) is 4.77. The third kappa shape index (κ3) is 4.81. The first-order chi connectivity index (χ1) is 11.7. The fourth-order valence-corrected chi connectivity index (χ4v) is 4.08. The minimum atomic E-state index is -1.30. The number of imide groups is 1. The van der Waals surface area contributed by atoms with Gasteiger partial charge in [-0.2, -0.15) is 0 Å². The summed E-state index contributed by atoms with van der Waals surface area (Å²) in [6, 6.07) is 2.49. The highest BCUT2D eigenvalue weighted by Gasteiger charge is 2.34. The second-order valence-corrected chi connectivity index (χ2v) is 7.09. The van der Waals surface area contributed by atoms with Crippen molar-refractivity contribution in [2.45, 2.75) is 0 Å². The third-order valence-corrected chi connectivity index (χ3v) is 4.53. The van der Waals surface area contributed by atoms with E-state index in [4.69, 9.17) is 14.9 Å². The quantitative estimate of drug-likeness (QED) is 0.266.